The van der Waals surface area contributed by atoms with Crippen molar-refractivity contribution >= 4 is 15.9 Å². The van der Waals surface area contributed by atoms with Crippen molar-refractivity contribution in [3.05, 3.63) is 33.8 Å². The molecule has 2 heteroatoms. The molecule has 1 atom stereocenters. The molecule has 1 aromatic rings. The number of halogens is 1. The first kappa shape index (κ1) is 12.7. The fourth-order valence-electron chi connectivity index (χ4n) is 1.35. The lowest BCUT2D eigenvalue weighted by Gasteiger charge is -2.10. The minimum Gasteiger partial charge on any atom is -0.312 e. The van der Waals surface area contributed by atoms with Gasteiger partial charge in [-0.1, -0.05) is 48.3 Å². The normalized spacial score (nSPS) is 12.8. The van der Waals surface area contributed by atoms with Crippen LogP contribution in [0.25, 0.3) is 0 Å². The Balaban J connectivity index is 2.41. The highest BCUT2D eigenvalue weighted by Gasteiger charge is 1.99. The SMILES string of the molecule is CCC(C)CNCc1ccc(C)c(Br)c1. The van der Waals surface area contributed by atoms with Gasteiger partial charge in [0.1, 0.15) is 0 Å². The van der Waals surface area contributed by atoms with E-state index in [9.17, 15) is 0 Å². The number of hydrogen-bond donors (Lipinski definition) is 1. The minimum atomic E-state index is 0.763. The molecule has 0 fully saturated rings. The molecule has 0 amide bonds. The van der Waals surface area contributed by atoms with Crippen LogP contribution in [0.15, 0.2) is 22.7 Å². The largest absolute Gasteiger partial charge is 0.312 e. The van der Waals surface area contributed by atoms with Crippen LogP contribution in [0.3, 0.4) is 0 Å². The topological polar surface area (TPSA) is 12.0 Å². The zero-order chi connectivity index (χ0) is 11.3. The number of benzene rings is 1. The van der Waals surface area contributed by atoms with Gasteiger partial charge < -0.3 is 5.32 Å². The second-order valence-electron chi connectivity index (χ2n) is 4.23. The molecule has 0 aliphatic heterocycles. The molecule has 1 nitrogen and oxygen atoms in total. The van der Waals surface area contributed by atoms with Crippen LogP contribution >= 0.6 is 15.9 Å². The molecule has 0 saturated carbocycles. The summed E-state index contributed by atoms with van der Waals surface area (Å²) in [5.41, 5.74) is 2.64. The summed E-state index contributed by atoms with van der Waals surface area (Å²) < 4.78 is 1.20. The Morgan fingerprint density at radius 2 is 2.13 bits per heavy atom. The third-order valence-corrected chi connectivity index (χ3v) is 3.61. The summed E-state index contributed by atoms with van der Waals surface area (Å²) in [4.78, 5) is 0. The van der Waals surface area contributed by atoms with Crippen LogP contribution in [0, 0.1) is 12.8 Å². The molecule has 0 bridgehead atoms. The summed E-state index contributed by atoms with van der Waals surface area (Å²) in [6.45, 7) is 8.68. The molecule has 15 heavy (non-hydrogen) atoms. The lowest BCUT2D eigenvalue weighted by atomic mass is 10.1. The van der Waals surface area contributed by atoms with E-state index in [1.807, 2.05) is 0 Å². The van der Waals surface area contributed by atoms with Crippen molar-refractivity contribution < 1.29 is 0 Å². The van der Waals surface area contributed by atoms with Gasteiger partial charge in [0.2, 0.25) is 0 Å². The lowest BCUT2D eigenvalue weighted by Crippen LogP contribution is -2.20. The smallest absolute Gasteiger partial charge is 0.0207 e. The predicted molar refractivity (Wildman–Crippen MR) is 70.0 cm³/mol. The highest BCUT2D eigenvalue weighted by molar-refractivity contribution is 9.10. The van der Waals surface area contributed by atoms with E-state index < -0.39 is 0 Å². The molecule has 0 aromatic heterocycles. The van der Waals surface area contributed by atoms with Gasteiger partial charge in [-0.3, -0.25) is 0 Å². The van der Waals surface area contributed by atoms with E-state index in [1.54, 1.807) is 0 Å². The second kappa shape index (κ2) is 6.29. The van der Waals surface area contributed by atoms with Crippen molar-refractivity contribution in [2.45, 2.75) is 33.7 Å². The Morgan fingerprint density at radius 1 is 1.40 bits per heavy atom. The molecule has 1 N–H and O–H groups in total. The fourth-order valence-corrected chi connectivity index (χ4v) is 1.78. The van der Waals surface area contributed by atoms with Crippen LogP contribution in [0.1, 0.15) is 31.4 Å². The Bertz CT molecular complexity index is 309. The van der Waals surface area contributed by atoms with Crippen molar-refractivity contribution in [1.29, 1.82) is 0 Å². The van der Waals surface area contributed by atoms with E-state index in [0.717, 1.165) is 19.0 Å². The number of nitrogens with one attached hydrogen (secondary N) is 1. The molecule has 0 aliphatic carbocycles. The molecule has 1 aromatic carbocycles. The van der Waals surface area contributed by atoms with E-state index in [2.05, 4.69) is 60.2 Å². The Labute approximate surface area is 101 Å². The first-order valence-electron chi connectivity index (χ1n) is 5.59. The van der Waals surface area contributed by atoms with Gasteiger partial charge in [-0.15, -0.1) is 0 Å². The van der Waals surface area contributed by atoms with Gasteiger partial charge in [-0.25, -0.2) is 0 Å². The van der Waals surface area contributed by atoms with Crippen LogP contribution in [0.4, 0.5) is 0 Å². The van der Waals surface area contributed by atoms with Crippen molar-refractivity contribution in [2.75, 3.05) is 6.54 Å². The van der Waals surface area contributed by atoms with E-state index in [4.69, 9.17) is 0 Å². The van der Waals surface area contributed by atoms with Gasteiger partial charge in [-0.2, -0.15) is 0 Å². The number of hydrogen-bond acceptors (Lipinski definition) is 1. The van der Waals surface area contributed by atoms with Gasteiger partial charge in [0.15, 0.2) is 0 Å². The van der Waals surface area contributed by atoms with E-state index in [1.165, 1.54) is 22.0 Å². The van der Waals surface area contributed by atoms with Crippen LogP contribution in [0.2, 0.25) is 0 Å². The van der Waals surface area contributed by atoms with Crippen LogP contribution < -0.4 is 5.32 Å². The van der Waals surface area contributed by atoms with Crippen LogP contribution in [-0.2, 0) is 6.54 Å². The second-order valence-corrected chi connectivity index (χ2v) is 5.08. The standard InChI is InChI=1S/C13H20BrN/c1-4-10(2)8-15-9-12-6-5-11(3)13(14)7-12/h5-7,10,15H,4,8-9H2,1-3H3. The van der Waals surface area contributed by atoms with Gasteiger partial charge >= 0.3 is 0 Å². The van der Waals surface area contributed by atoms with E-state index in [-0.39, 0.29) is 0 Å². The highest BCUT2D eigenvalue weighted by Crippen LogP contribution is 2.17. The molecule has 0 spiro atoms. The quantitative estimate of drug-likeness (QED) is 0.855. The van der Waals surface area contributed by atoms with Gasteiger partial charge in [-0.05, 0) is 36.6 Å². The van der Waals surface area contributed by atoms with E-state index in [0.29, 0.717) is 0 Å². The van der Waals surface area contributed by atoms with Crippen molar-refractivity contribution in [3.8, 4) is 0 Å². The Kier molecular flexibility index (Phi) is 5.34. The monoisotopic (exact) mass is 269 g/mol. The van der Waals surface area contributed by atoms with Gasteiger partial charge in [0.05, 0.1) is 0 Å². The van der Waals surface area contributed by atoms with Crippen molar-refractivity contribution in [2.24, 2.45) is 5.92 Å². The zero-order valence-corrected chi connectivity index (χ0v) is 11.4. The Morgan fingerprint density at radius 3 is 2.73 bits per heavy atom. The third-order valence-electron chi connectivity index (χ3n) is 2.76. The van der Waals surface area contributed by atoms with E-state index >= 15 is 0 Å². The number of aryl methyl sites for hydroxylation is 1. The van der Waals surface area contributed by atoms with Gasteiger partial charge in [0.25, 0.3) is 0 Å². The maximum atomic E-state index is 3.55. The average Bonchev–Trinajstić information content (AvgIpc) is 2.23. The number of rotatable bonds is 5. The summed E-state index contributed by atoms with van der Waals surface area (Å²) in [6, 6.07) is 6.53. The summed E-state index contributed by atoms with van der Waals surface area (Å²) >= 11 is 3.55. The zero-order valence-electron chi connectivity index (χ0n) is 9.81. The summed E-state index contributed by atoms with van der Waals surface area (Å²) in [5.74, 6) is 0.763. The maximum Gasteiger partial charge on any atom is 0.0207 e. The first-order valence-corrected chi connectivity index (χ1v) is 6.38. The molecule has 1 rings (SSSR count). The van der Waals surface area contributed by atoms with Crippen molar-refractivity contribution in [1.82, 2.24) is 5.32 Å². The fraction of sp³-hybridized carbons (Fsp3) is 0.538. The molecule has 0 saturated heterocycles. The minimum absolute atomic E-state index is 0.763. The summed E-state index contributed by atoms with van der Waals surface area (Å²) in [7, 11) is 0. The van der Waals surface area contributed by atoms with Crippen LogP contribution in [-0.4, -0.2) is 6.54 Å². The molecule has 0 radical (unpaired) electrons. The molecular weight excluding hydrogens is 250 g/mol. The summed E-state index contributed by atoms with van der Waals surface area (Å²) in [5, 5.41) is 3.48. The molecule has 0 heterocycles. The predicted octanol–water partition coefficient (Wildman–Crippen LogP) is 3.89. The highest BCUT2D eigenvalue weighted by atomic mass is 79.9. The molecule has 1 unspecified atom stereocenters. The molecular formula is C13H20BrN. The van der Waals surface area contributed by atoms with Crippen LogP contribution in [0.5, 0.6) is 0 Å². The summed E-state index contributed by atoms with van der Waals surface area (Å²) in [6.07, 6.45) is 1.24. The molecule has 0 aliphatic rings. The first-order chi connectivity index (χ1) is 7.13. The maximum absolute atomic E-state index is 3.55. The lowest BCUT2D eigenvalue weighted by molar-refractivity contribution is 0.500. The van der Waals surface area contributed by atoms with Gasteiger partial charge in [0, 0.05) is 11.0 Å². The average molecular weight is 270 g/mol. The van der Waals surface area contributed by atoms with Crippen molar-refractivity contribution in [3.63, 3.8) is 0 Å². The third kappa shape index (κ3) is 4.35. The Hall–Kier alpha value is -0.340. The molecule has 84 valence electrons.